The maximum Gasteiger partial charge on any atom is 0.302 e. The van der Waals surface area contributed by atoms with Crippen molar-refractivity contribution in [2.45, 2.75) is 27.7 Å². The monoisotopic (exact) mass is 252 g/mol. The summed E-state index contributed by atoms with van der Waals surface area (Å²) in [5.74, 6) is -0.211. The van der Waals surface area contributed by atoms with Crippen LogP contribution in [0.5, 0.6) is 0 Å². The maximum atomic E-state index is 9.82. The molecule has 0 saturated heterocycles. The topological polar surface area (TPSA) is 76.0 Å². The van der Waals surface area contributed by atoms with Crippen molar-refractivity contribution in [1.29, 1.82) is 0 Å². The van der Waals surface area contributed by atoms with E-state index >= 15 is 0 Å². The van der Waals surface area contributed by atoms with Crippen LogP contribution in [0.2, 0.25) is 0 Å². The van der Waals surface area contributed by atoms with Gasteiger partial charge in [0.1, 0.15) is 0 Å². The van der Waals surface area contributed by atoms with Crippen LogP contribution in [-0.4, -0.2) is 49.2 Å². The zero-order valence-corrected chi connectivity index (χ0v) is 11.6. The Morgan fingerprint density at radius 1 is 1.00 bits per heavy atom. The van der Waals surface area contributed by atoms with Crippen LogP contribution in [-0.2, 0) is 14.3 Å². The third kappa shape index (κ3) is 99.8. The highest BCUT2D eigenvalue weighted by molar-refractivity contribution is 5.65. The molecule has 5 nitrogen and oxygen atoms in total. The molecule has 106 valence electrons. The summed E-state index contributed by atoms with van der Waals surface area (Å²) in [4.78, 5) is 9.82. The summed E-state index contributed by atoms with van der Waals surface area (Å²) >= 11 is 0. The van der Waals surface area contributed by atoms with Crippen LogP contribution in [0.3, 0.4) is 0 Å². The van der Waals surface area contributed by atoms with E-state index in [0.717, 1.165) is 13.2 Å². The third-order valence-corrected chi connectivity index (χ3v) is 0.856. The van der Waals surface area contributed by atoms with Crippen molar-refractivity contribution in [2.75, 3.05) is 33.0 Å². The predicted octanol–water partition coefficient (Wildman–Crippen LogP) is 1.39. The number of carbonyl (C=O) groups is 1. The average molecular weight is 252 g/mol. The molecule has 0 amide bonds. The molecule has 0 heterocycles. The van der Waals surface area contributed by atoms with Crippen LogP contribution < -0.4 is 0 Å². The maximum absolute atomic E-state index is 9.82. The van der Waals surface area contributed by atoms with Gasteiger partial charge in [0.15, 0.2) is 0 Å². The second-order valence-electron chi connectivity index (χ2n) is 2.15. The third-order valence-electron chi connectivity index (χ3n) is 0.856. The molecule has 0 aliphatic carbocycles. The van der Waals surface area contributed by atoms with Crippen molar-refractivity contribution in [3.8, 4) is 0 Å². The molecule has 2 N–H and O–H groups in total. The van der Waals surface area contributed by atoms with Crippen LogP contribution in [0.4, 0.5) is 0 Å². The highest BCUT2D eigenvalue weighted by atomic mass is 16.5. The van der Waals surface area contributed by atoms with Crippen LogP contribution in [0, 0.1) is 0 Å². The number of carbonyl (C=O) groups excluding carboxylic acids is 1. The Hall–Kier alpha value is -0.910. The van der Waals surface area contributed by atoms with Gasteiger partial charge < -0.3 is 19.7 Å². The van der Waals surface area contributed by atoms with Gasteiger partial charge in [0.25, 0.3) is 0 Å². The van der Waals surface area contributed by atoms with Gasteiger partial charge in [-0.2, -0.15) is 0 Å². The number of rotatable bonds is 4. The van der Waals surface area contributed by atoms with Gasteiger partial charge in [-0.05, 0) is 20.8 Å². The lowest BCUT2D eigenvalue weighted by atomic mass is 10.8. The summed E-state index contributed by atoms with van der Waals surface area (Å²) in [5, 5.41) is 15.2. The summed E-state index contributed by atoms with van der Waals surface area (Å²) in [6, 6.07) is 0. The zero-order chi connectivity index (χ0) is 14.5. The molecule has 0 atom stereocenters. The van der Waals surface area contributed by atoms with Crippen LogP contribution in [0.1, 0.15) is 27.7 Å². The molecule has 0 aromatic heterocycles. The molecule has 5 heteroatoms. The molecule has 0 aliphatic heterocycles. The number of ether oxygens (including phenoxy) is 2. The molecular weight excluding hydrogens is 224 g/mol. The van der Waals surface area contributed by atoms with E-state index in [1.165, 1.54) is 6.92 Å². The van der Waals surface area contributed by atoms with Gasteiger partial charge in [0.2, 0.25) is 0 Å². The van der Waals surface area contributed by atoms with Crippen molar-refractivity contribution in [3.05, 3.63) is 13.2 Å². The molecule has 0 fully saturated rings. The first-order chi connectivity index (χ1) is 8.10. The van der Waals surface area contributed by atoms with Crippen LogP contribution in [0.15, 0.2) is 13.2 Å². The Kier molecular flexibility index (Phi) is 53.5. The lowest BCUT2D eigenvalue weighted by Crippen LogP contribution is -1.95. The smallest absolute Gasteiger partial charge is 0.302 e. The van der Waals surface area contributed by atoms with Gasteiger partial charge >= 0.3 is 5.97 Å². The normalized spacial score (nSPS) is 7.18. The first-order valence-corrected chi connectivity index (χ1v) is 5.53. The molecule has 0 spiro atoms. The van der Waals surface area contributed by atoms with Crippen LogP contribution in [0.25, 0.3) is 0 Å². The quantitative estimate of drug-likeness (QED) is 0.584. The van der Waals surface area contributed by atoms with Gasteiger partial charge in [-0.1, -0.05) is 0 Å². The molecule has 0 aromatic rings. The number of aliphatic hydroxyl groups excluding tert-OH is 2. The first kappa shape index (κ1) is 25.1. The fourth-order valence-corrected chi connectivity index (χ4v) is 0.407. The van der Waals surface area contributed by atoms with Crippen molar-refractivity contribution in [3.63, 3.8) is 0 Å². The number of hydrogen-bond acceptors (Lipinski definition) is 5. The Morgan fingerprint density at radius 2 is 1.35 bits per heavy atom. The Labute approximate surface area is 105 Å². The highest BCUT2D eigenvalue weighted by Crippen LogP contribution is 1.69. The fourth-order valence-electron chi connectivity index (χ4n) is 0.407. The molecule has 0 aromatic carbocycles. The molecule has 0 bridgehead atoms. The Balaban J connectivity index is -0.0000000705. The molecule has 17 heavy (non-hydrogen) atoms. The average Bonchev–Trinajstić information content (AvgIpc) is 2.33. The fraction of sp³-hybridized carbons (Fsp3) is 0.750. The lowest BCUT2D eigenvalue weighted by molar-refractivity contribution is -0.140. The summed E-state index contributed by atoms with van der Waals surface area (Å²) in [6.45, 7) is 15.1. The number of aliphatic hydroxyl groups is 2. The van der Waals surface area contributed by atoms with E-state index in [1.54, 1.807) is 6.92 Å². The first-order valence-electron chi connectivity index (χ1n) is 5.53. The minimum Gasteiger partial charge on any atom is -0.466 e. The minimum absolute atomic E-state index is 0.125. The van der Waals surface area contributed by atoms with Gasteiger partial charge in [-0.3, -0.25) is 4.79 Å². The second kappa shape index (κ2) is 36.3. The predicted molar refractivity (Wildman–Crippen MR) is 69.9 cm³/mol. The van der Waals surface area contributed by atoms with Crippen LogP contribution >= 0.6 is 0 Å². The van der Waals surface area contributed by atoms with E-state index in [0.29, 0.717) is 6.61 Å². The van der Waals surface area contributed by atoms with E-state index in [4.69, 9.17) is 14.9 Å². The van der Waals surface area contributed by atoms with Crippen molar-refractivity contribution >= 4 is 5.97 Å². The molecule has 0 rings (SSSR count). The standard InChI is InChI=1S/C4H8O2.C4H10O.C2H6O2.C2H4/c1-3-6-4(2)5;1-3-5-4-2;3-1-2-4;1-2/h3H2,1-2H3;3-4H2,1-2H3;3-4H,1-2H2;1-2H2. The van der Waals surface area contributed by atoms with Gasteiger partial charge in [-0.25, -0.2) is 0 Å². The number of hydrogen-bond donors (Lipinski definition) is 2. The van der Waals surface area contributed by atoms with Crippen molar-refractivity contribution < 1.29 is 24.5 Å². The highest BCUT2D eigenvalue weighted by Gasteiger charge is 1.81. The van der Waals surface area contributed by atoms with Crippen molar-refractivity contribution in [1.82, 2.24) is 0 Å². The van der Waals surface area contributed by atoms with Crippen molar-refractivity contribution in [2.24, 2.45) is 0 Å². The summed E-state index contributed by atoms with van der Waals surface area (Å²) < 4.78 is 9.24. The summed E-state index contributed by atoms with van der Waals surface area (Å²) in [6.07, 6.45) is 0. The molecule has 0 radical (unpaired) electrons. The summed E-state index contributed by atoms with van der Waals surface area (Å²) in [7, 11) is 0. The molecule has 0 unspecified atom stereocenters. The largest absolute Gasteiger partial charge is 0.466 e. The lowest BCUT2D eigenvalue weighted by Gasteiger charge is -1.89. The van der Waals surface area contributed by atoms with E-state index in [-0.39, 0.29) is 19.2 Å². The molecule has 0 saturated carbocycles. The van der Waals surface area contributed by atoms with E-state index in [1.807, 2.05) is 13.8 Å². The SMILES string of the molecule is C=C.CCOC(C)=O.CCOCC.OCCO. The van der Waals surface area contributed by atoms with Gasteiger partial charge in [0, 0.05) is 20.1 Å². The second-order valence-corrected chi connectivity index (χ2v) is 2.15. The zero-order valence-electron chi connectivity index (χ0n) is 11.6. The Morgan fingerprint density at radius 3 is 1.35 bits per heavy atom. The minimum atomic E-state index is -0.211. The van der Waals surface area contributed by atoms with E-state index < -0.39 is 0 Å². The molecule has 0 aliphatic rings. The summed E-state index contributed by atoms with van der Waals surface area (Å²) in [5.41, 5.74) is 0. The van der Waals surface area contributed by atoms with E-state index in [2.05, 4.69) is 17.9 Å². The van der Waals surface area contributed by atoms with E-state index in [9.17, 15) is 4.79 Å². The molecular formula is C12H28O5. The van der Waals surface area contributed by atoms with Gasteiger partial charge in [0.05, 0.1) is 19.8 Å². The number of esters is 1. The van der Waals surface area contributed by atoms with Gasteiger partial charge in [-0.15, -0.1) is 13.2 Å². The Bertz CT molecular complexity index is 113.